The zero-order valence-corrected chi connectivity index (χ0v) is 17.7. The Kier molecular flexibility index (Phi) is 5.62. The third-order valence-corrected chi connectivity index (χ3v) is 7.42. The lowest BCUT2D eigenvalue weighted by Crippen LogP contribution is -2.28. The molecule has 0 saturated carbocycles. The van der Waals surface area contributed by atoms with Gasteiger partial charge in [-0.15, -0.1) is 22.0 Å². The van der Waals surface area contributed by atoms with Crippen molar-refractivity contribution in [2.24, 2.45) is 0 Å². The van der Waals surface area contributed by atoms with Gasteiger partial charge in [-0.2, -0.15) is 13.2 Å². The lowest BCUT2D eigenvalue weighted by Gasteiger charge is -2.12. The maximum absolute atomic E-state index is 12.9. The average Bonchev–Trinajstić information content (AvgIpc) is 3.31. The van der Waals surface area contributed by atoms with Crippen LogP contribution in [0.25, 0.3) is 5.65 Å². The Morgan fingerprint density at radius 2 is 2.03 bits per heavy atom. The van der Waals surface area contributed by atoms with Crippen molar-refractivity contribution in [2.45, 2.75) is 23.0 Å². The van der Waals surface area contributed by atoms with E-state index < -0.39 is 32.6 Å². The molecule has 0 unspecified atom stereocenters. The predicted octanol–water partition coefficient (Wildman–Crippen LogP) is 3.00. The van der Waals surface area contributed by atoms with Gasteiger partial charge in [-0.1, -0.05) is 18.3 Å². The lowest BCUT2D eigenvalue weighted by atomic mass is 10.4. The van der Waals surface area contributed by atoms with Crippen LogP contribution >= 0.6 is 23.1 Å². The van der Waals surface area contributed by atoms with Gasteiger partial charge in [0.2, 0.25) is 10.1 Å². The Morgan fingerprint density at radius 3 is 2.59 bits per heavy atom. The molecule has 1 amide bonds. The summed E-state index contributed by atoms with van der Waals surface area (Å²) < 4.78 is 64.9. The summed E-state index contributed by atoms with van der Waals surface area (Å²) in [5.74, 6) is -1.19. The first-order valence-electron chi connectivity index (χ1n) is 7.97. The van der Waals surface area contributed by atoms with Gasteiger partial charge in [0.05, 0.1) is 5.75 Å². The second-order valence-corrected chi connectivity index (χ2v) is 9.74. The van der Waals surface area contributed by atoms with Crippen molar-refractivity contribution in [3.05, 3.63) is 29.0 Å². The average molecular weight is 466 g/mol. The number of carbonyl (C=O) groups excluding carboxylic acids is 1. The van der Waals surface area contributed by atoms with Gasteiger partial charge in [0.1, 0.15) is 5.65 Å². The van der Waals surface area contributed by atoms with Gasteiger partial charge >= 0.3 is 6.18 Å². The number of amides is 1. The van der Waals surface area contributed by atoms with Gasteiger partial charge < -0.3 is 0 Å². The van der Waals surface area contributed by atoms with E-state index in [-0.39, 0.29) is 32.9 Å². The zero-order chi connectivity index (χ0) is 21.6. The number of anilines is 1. The van der Waals surface area contributed by atoms with E-state index in [1.807, 2.05) is 6.26 Å². The van der Waals surface area contributed by atoms with Crippen molar-refractivity contribution >= 4 is 49.6 Å². The normalized spacial score (nSPS) is 12.5. The number of pyridine rings is 1. The van der Waals surface area contributed by atoms with E-state index in [2.05, 4.69) is 15.2 Å². The molecule has 14 heteroatoms. The van der Waals surface area contributed by atoms with Crippen molar-refractivity contribution in [3.8, 4) is 0 Å². The molecule has 0 spiro atoms. The molecule has 29 heavy (non-hydrogen) atoms. The van der Waals surface area contributed by atoms with Gasteiger partial charge in [-0.3, -0.25) is 14.1 Å². The number of hydrogen-bond acceptors (Lipinski definition) is 8. The fourth-order valence-corrected chi connectivity index (χ4v) is 4.66. The highest BCUT2D eigenvalue weighted by Crippen LogP contribution is 2.34. The fourth-order valence-electron chi connectivity index (χ4n) is 2.42. The minimum atomic E-state index is -4.70. The van der Waals surface area contributed by atoms with Crippen molar-refractivity contribution in [3.63, 3.8) is 0 Å². The molecular formula is C15H14F3N5O3S3. The number of carbonyl (C=O) groups is 1. The van der Waals surface area contributed by atoms with Crippen LogP contribution in [0.4, 0.5) is 18.3 Å². The standard InChI is InChI=1S/C15H14F3N5O3S3/c1-4-29(25,26)12-10(19-9-7-8(27-3)5-6-23(9)12)11(24)22(2)14-21-20-13(28-14)15(16,17)18/h5-7H,4H2,1-3H3. The zero-order valence-electron chi connectivity index (χ0n) is 15.3. The van der Waals surface area contributed by atoms with Crippen molar-refractivity contribution < 1.29 is 26.4 Å². The minimum Gasteiger partial charge on any atom is -0.290 e. The number of rotatable bonds is 5. The van der Waals surface area contributed by atoms with Crippen LogP contribution in [0, 0.1) is 0 Å². The van der Waals surface area contributed by atoms with Crippen molar-refractivity contribution in [1.82, 2.24) is 19.6 Å². The first kappa shape index (κ1) is 21.5. The summed E-state index contributed by atoms with van der Waals surface area (Å²) in [6.45, 7) is 1.42. The predicted molar refractivity (Wildman–Crippen MR) is 102 cm³/mol. The number of imidazole rings is 1. The Labute approximate surface area is 171 Å². The molecule has 8 nitrogen and oxygen atoms in total. The Hall–Kier alpha value is -2.19. The van der Waals surface area contributed by atoms with Gasteiger partial charge in [0, 0.05) is 18.1 Å². The van der Waals surface area contributed by atoms with Gasteiger partial charge in [-0.25, -0.2) is 13.4 Å². The number of sulfone groups is 1. The molecule has 0 saturated heterocycles. The summed E-state index contributed by atoms with van der Waals surface area (Å²) in [6, 6.07) is 3.29. The number of hydrogen-bond donors (Lipinski definition) is 0. The lowest BCUT2D eigenvalue weighted by molar-refractivity contribution is -0.138. The van der Waals surface area contributed by atoms with Crippen LogP contribution < -0.4 is 4.90 Å². The highest BCUT2D eigenvalue weighted by atomic mass is 32.2. The maximum atomic E-state index is 12.9. The Bertz CT molecular complexity index is 1190. The molecule has 0 aliphatic carbocycles. The number of alkyl halides is 3. The second kappa shape index (κ2) is 7.57. The molecule has 3 heterocycles. The summed E-state index contributed by atoms with van der Waals surface area (Å²) >= 11 is 1.58. The van der Waals surface area contributed by atoms with Crippen LogP contribution in [-0.4, -0.2) is 53.0 Å². The summed E-state index contributed by atoms with van der Waals surface area (Å²) in [7, 11) is -2.69. The first-order chi connectivity index (χ1) is 13.5. The number of halogens is 3. The molecule has 3 aromatic rings. The van der Waals surface area contributed by atoms with E-state index in [9.17, 15) is 26.4 Å². The van der Waals surface area contributed by atoms with E-state index in [0.717, 1.165) is 9.80 Å². The van der Waals surface area contributed by atoms with E-state index in [4.69, 9.17) is 0 Å². The molecule has 0 fully saturated rings. The molecule has 0 bridgehead atoms. The molecule has 0 aliphatic rings. The van der Waals surface area contributed by atoms with Crippen LogP contribution in [0.1, 0.15) is 22.4 Å². The van der Waals surface area contributed by atoms with E-state index in [1.54, 1.807) is 12.1 Å². The van der Waals surface area contributed by atoms with Crippen molar-refractivity contribution in [2.75, 3.05) is 24.0 Å². The third-order valence-electron chi connectivity index (χ3n) is 3.92. The molecule has 3 rings (SSSR count). The molecule has 0 radical (unpaired) electrons. The topological polar surface area (TPSA) is 97.5 Å². The van der Waals surface area contributed by atoms with Crippen LogP contribution in [-0.2, 0) is 16.0 Å². The first-order valence-corrected chi connectivity index (χ1v) is 11.7. The quantitative estimate of drug-likeness (QED) is 0.534. The summed E-state index contributed by atoms with van der Waals surface area (Å²) in [4.78, 5) is 18.7. The molecule has 0 N–H and O–H groups in total. The number of nitrogens with zero attached hydrogens (tertiary/aromatic N) is 5. The smallest absolute Gasteiger partial charge is 0.290 e. The highest BCUT2D eigenvalue weighted by Gasteiger charge is 2.37. The molecular weight excluding hydrogens is 451 g/mol. The number of fused-ring (bicyclic) bond motifs is 1. The van der Waals surface area contributed by atoms with Gasteiger partial charge in [0.15, 0.2) is 20.6 Å². The van der Waals surface area contributed by atoms with Crippen LogP contribution in [0.3, 0.4) is 0 Å². The summed E-state index contributed by atoms with van der Waals surface area (Å²) in [5.41, 5.74) is -0.162. The fraction of sp³-hybridized carbons (Fsp3) is 0.333. The molecule has 0 aromatic carbocycles. The van der Waals surface area contributed by atoms with Crippen LogP contribution in [0.15, 0.2) is 28.3 Å². The maximum Gasteiger partial charge on any atom is 0.445 e. The SMILES string of the molecule is CCS(=O)(=O)c1c(C(=O)N(C)c2nnc(C(F)(F)F)s2)nc2cc(SC)ccn12. The van der Waals surface area contributed by atoms with Gasteiger partial charge in [0.25, 0.3) is 5.91 Å². The van der Waals surface area contributed by atoms with Gasteiger partial charge in [-0.05, 0) is 18.4 Å². The van der Waals surface area contributed by atoms with E-state index in [0.29, 0.717) is 0 Å². The summed E-state index contributed by atoms with van der Waals surface area (Å²) in [5, 5.41) is 4.57. The monoisotopic (exact) mass is 465 g/mol. The Morgan fingerprint density at radius 1 is 1.34 bits per heavy atom. The molecule has 0 aliphatic heterocycles. The highest BCUT2D eigenvalue weighted by molar-refractivity contribution is 7.98. The molecule has 156 valence electrons. The van der Waals surface area contributed by atoms with Crippen LogP contribution in [0.5, 0.6) is 0 Å². The largest absolute Gasteiger partial charge is 0.445 e. The number of thioether (sulfide) groups is 1. The second-order valence-electron chi connectivity index (χ2n) is 5.72. The van der Waals surface area contributed by atoms with E-state index >= 15 is 0 Å². The molecule has 0 atom stereocenters. The number of aromatic nitrogens is 4. The summed E-state index contributed by atoms with van der Waals surface area (Å²) in [6.07, 6.45) is -1.39. The van der Waals surface area contributed by atoms with E-state index in [1.165, 1.54) is 36.3 Å². The van der Waals surface area contributed by atoms with Crippen molar-refractivity contribution in [1.29, 1.82) is 0 Å². The molecule has 3 aromatic heterocycles. The Balaban J connectivity index is 2.13. The minimum absolute atomic E-state index is 0.173. The van der Waals surface area contributed by atoms with Crippen LogP contribution in [0.2, 0.25) is 0 Å². The third kappa shape index (κ3) is 3.96.